The SMILES string of the molecule is Cc1cc(/C=C2\SC(=O)N(CC(=O)N3CCN(c4ccccc4)CC3)C2=O)c(C)n1C(C)C. The van der Waals surface area contributed by atoms with Gasteiger partial charge in [0.25, 0.3) is 11.1 Å². The van der Waals surface area contributed by atoms with Crippen LogP contribution >= 0.6 is 11.8 Å². The zero-order valence-corrected chi connectivity index (χ0v) is 20.4. The molecular formula is C25H30N4O3S. The standard InChI is InChI=1S/C25H30N4O3S/c1-17(2)29-18(3)14-20(19(29)4)15-22-24(31)28(25(32)33-22)16-23(30)27-12-10-26(11-13-27)21-8-6-5-7-9-21/h5-9,14-15,17H,10-13,16H2,1-4H3/b22-15-. The fourth-order valence-corrected chi connectivity index (χ4v) is 5.44. The number of amides is 3. The molecule has 0 spiro atoms. The summed E-state index contributed by atoms with van der Waals surface area (Å²) < 4.78 is 2.20. The number of piperazine rings is 1. The highest BCUT2D eigenvalue weighted by atomic mass is 32.2. The van der Waals surface area contributed by atoms with Crippen LogP contribution in [-0.4, -0.2) is 64.1 Å². The zero-order chi connectivity index (χ0) is 23.7. The van der Waals surface area contributed by atoms with E-state index in [1.54, 1.807) is 11.0 Å². The number of imide groups is 1. The molecule has 8 heteroatoms. The summed E-state index contributed by atoms with van der Waals surface area (Å²) >= 11 is 0.905. The summed E-state index contributed by atoms with van der Waals surface area (Å²) in [6, 6.07) is 12.4. The third-order valence-electron chi connectivity index (χ3n) is 6.25. The topological polar surface area (TPSA) is 65.9 Å². The molecule has 2 aromatic rings. The second-order valence-electron chi connectivity index (χ2n) is 8.76. The Bertz CT molecular complexity index is 1100. The fourth-order valence-electron chi connectivity index (χ4n) is 4.61. The van der Waals surface area contributed by atoms with Crippen LogP contribution in [0.3, 0.4) is 0 Å². The highest BCUT2D eigenvalue weighted by Gasteiger charge is 2.37. The van der Waals surface area contributed by atoms with E-state index in [-0.39, 0.29) is 17.7 Å². The molecule has 1 aromatic carbocycles. The minimum Gasteiger partial charge on any atom is -0.368 e. The van der Waals surface area contributed by atoms with Crippen molar-refractivity contribution in [3.8, 4) is 0 Å². The van der Waals surface area contributed by atoms with Crippen LogP contribution in [0.1, 0.15) is 36.8 Å². The molecule has 2 aliphatic heterocycles. The van der Waals surface area contributed by atoms with E-state index in [9.17, 15) is 14.4 Å². The third-order valence-corrected chi connectivity index (χ3v) is 7.15. The molecular weight excluding hydrogens is 436 g/mol. The number of thioether (sulfide) groups is 1. The number of carbonyl (C=O) groups is 3. The van der Waals surface area contributed by atoms with Crippen LogP contribution in [-0.2, 0) is 9.59 Å². The lowest BCUT2D eigenvalue weighted by Gasteiger charge is -2.36. The fraction of sp³-hybridized carbons (Fsp3) is 0.400. The first-order chi connectivity index (χ1) is 15.8. The highest BCUT2D eigenvalue weighted by molar-refractivity contribution is 8.18. The Hall–Kier alpha value is -3.00. The summed E-state index contributed by atoms with van der Waals surface area (Å²) in [6.07, 6.45) is 1.77. The van der Waals surface area contributed by atoms with E-state index in [1.165, 1.54) is 0 Å². The van der Waals surface area contributed by atoms with Crippen LogP contribution < -0.4 is 4.90 Å². The Morgan fingerprint density at radius 1 is 1.06 bits per heavy atom. The van der Waals surface area contributed by atoms with Crippen molar-refractivity contribution in [3.63, 3.8) is 0 Å². The Kier molecular flexibility index (Phi) is 6.65. The van der Waals surface area contributed by atoms with Gasteiger partial charge >= 0.3 is 0 Å². The monoisotopic (exact) mass is 466 g/mol. The molecule has 0 radical (unpaired) electrons. The number of carbonyl (C=O) groups excluding carboxylic acids is 3. The van der Waals surface area contributed by atoms with Gasteiger partial charge in [0.05, 0.1) is 4.91 Å². The molecule has 0 atom stereocenters. The van der Waals surface area contributed by atoms with E-state index >= 15 is 0 Å². The van der Waals surface area contributed by atoms with Gasteiger partial charge in [0, 0.05) is 49.3 Å². The molecule has 2 fully saturated rings. The van der Waals surface area contributed by atoms with E-state index in [0.29, 0.717) is 24.0 Å². The Labute approximate surface area is 199 Å². The summed E-state index contributed by atoms with van der Waals surface area (Å²) in [7, 11) is 0. The van der Waals surface area contributed by atoms with Crippen LogP contribution in [0.2, 0.25) is 0 Å². The largest absolute Gasteiger partial charge is 0.368 e. The van der Waals surface area contributed by atoms with Crippen LogP contribution in [0.4, 0.5) is 10.5 Å². The lowest BCUT2D eigenvalue weighted by molar-refractivity contribution is -0.136. The van der Waals surface area contributed by atoms with Crippen molar-refractivity contribution in [3.05, 3.63) is 58.3 Å². The van der Waals surface area contributed by atoms with Crippen molar-refractivity contribution in [2.75, 3.05) is 37.6 Å². The summed E-state index contributed by atoms with van der Waals surface area (Å²) in [4.78, 5) is 43.8. The average molecular weight is 467 g/mol. The van der Waals surface area contributed by atoms with Crippen molar-refractivity contribution in [1.29, 1.82) is 0 Å². The predicted molar refractivity (Wildman–Crippen MR) is 132 cm³/mol. The maximum absolute atomic E-state index is 12.9. The second-order valence-corrected chi connectivity index (χ2v) is 9.75. The molecule has 2 saturated heterocycles. The molecule has 3 amide bonds. The molecule has 1 aromatic heterocycles. The highest BCUT2D eigenvalue weighted by Crippen LogP contribution is 2.33. The van der Waals surface area contributed by atoms with Gasteiger partial charge in [0.2, 0.25) is 5.91 Å². The molecule has 7 nitrogen and oxygen atoms in total. The smallest absolute Gasteiger partial charge is 0.294 e. The summed E-state index contributed by atoms with van der Waals surface area (Å²) in [5, 5.41) is -0.389. The normalized spacial score (nSPS) is 18.2. The molecule has 33 heavy (non-hydrogen) atoms. The molecule has 174 valence electrons. The zero-order valence-electron chi connectivity index (χ0n) is 19.6. The van der Waals surface area contributed by atoms with Crippen LogP contribution in [0.25, 0.3) is 6.08 Å². The molecule has 2 aliphatic rings. The molecule has 0 N–H and O–H groups in total. The van der Waals surface area contributed by atoms with E-state index in [0.717, 1.165) is 52.4 Å². The number of benzene rings is 1. The van der Waals surface area contributed by atoms with E-state index < -0.39 is 5.91 Å². The average Bonchev–Trinajstić information content (AvgIpc) is 3.23. The van der Waals surface area contributed by atoms with Gasteiger partial charge < -0.3 is 14.4 Å². The number of anilines is 1. The number of rotatable bonds is 5. The Morgan fingerprint density at radius 3 is 2.33 bits per heavy atom. The number of aromatic nitrogens is 1. The molecule has 0 bridgehead atoms. The first-order valence-electron chi connectivity index (χ1n) is 11.3. The second kappa shape index (κ2) is 9.47. The van der Waals surface area contributed by atoms with Gasteiger partial charge in [-0.05, 0) is 69.3 Å². The number of para-hydroxylation sites is 1. The number of hydrogen-bond acceptors (Lipinski definition) is 5. The van der Waals surface area contributed by atoms with Gasteiger partial charge in [0.1, 0.15) is 6.54 Å². The van der Waals surface area contributed by atoms with E-state index in [4.69, 9.17) is 0 Å². The third kappa shape index (κ3) is 4.71. The summed E-state index contributed by atoms with van der Waals surface area (Å²) in [6.45, 7) is 10.7. The van der Waals surface area contributed by atoms with E-state index in [2.05, 4.69) is 35.4 Å². The van der Waals surface area contributed by atoms with Crippen molar-refractivity contribution in [2.45, 2.75) is 33.7 Å². The molecule has 0 aliphatic carbocycles. The van der Waals surface area contributed by atoms with E-state index in [1.807, 2.05) is 38.1 Å². The number of nitrogens with zero attached hydrogens (tertiary/aromatic N) is 4. The van der Waals surface area contributed by atoms with Crippen LogP contribution in [0.5, 0.6) is 0 Å². The minimum atomic E-state index is -0.393. The van der Waals surface area contributed by atoms with Crippen molar-refractivity contribution in [2.24, 2.45) is 0 Å². The lowest BCUT2D eigenvalue weighted by Crippen LogP contribution is -2.51. The maximum Gasteiger partial charge on any atom is 0.294 e. The molecule has 0 unspecified atom stereocenters. The van der Waals surface area contributed by atoms with Gasteiger partial charge in [0.15, 0.2) is 0 Å². The van der Waals surface area contributed by atoms with Crippen molar-refractivity contribution >= 4 is 40.6 Å². The Balaban J connectivity index is 1.40. The quantitative estimate of drug-likeness (QED) is 0.622. The van der Waals surface area contributed by atoms with Gasteiger partial charge in [-0.15, -0.1) is 0 Å². The van der Waals surface area contributed by atoms with Crippen molar-refractivity contribution in [1.82, 2.24) is 14.4 Å². The van der Waals surface area contributed by atoms with Gasteiger partial charge in [-0.3, -0.25) is 19.3 Å². The number of aryl methyl sites for hydroxylation is 1. The lowest BCUT2D eigenvalue weighted by atomic mass is 10.2. The number of hydrogen-bond donors (Lipinski definition) is 0. The van der Waals surface area contributed by atoms with Gasteiger partial charge in [-0.1, -0.05) is 18.2 Å². The first-order valence-corrected chi connectivity index (χ1v) is 12.1. The summed E-state index contributed by atoms with van der Waals surface area (Å²) in [5.74, 6) is -0.583. The molecule has 0 saturated carbocycles. The van der Waals surface area contributed by atoms with Crippen LogP contribution in [0, 0.1) is 13.8 Å². The molecule has 3 heterocycles. The van der Waals surface area contributed by atoms with Gasteiger partial charge in [-0.2, -0.15) is 0 Å². The molecule has 4 rings (SSSR count). The maximum atomic E-state index is 12.9. The van der Waals surface area contributed by atoms with Crippen molar-refractivity contribution < 1.29 is 14.4 Å². The Morgan fingerprint density at radius 2 is 1.73 bits per heavy atom. The first kappa shape index (κ1) is 23.2. The minimum absolute atomic E-state index is 0.191. The van der Waals surface area contributed by atoms with Crippen LogP contribution in [0.15, 0.2) is 41.3 Å². The predicted octanol–water partition coefficient (Wildman–Crippen LogP) is 4.07. The summed E-state index contributed by atoms with van der Waals surface area (Å²) in [5.41, 5.74) is 4.23. The van der Waals surface area contributed by atoms with Gasteiger partial charge in [-0.25, -0.2) is 0 Å².